The Bertz CT molecular complexity index is 253. The summed E-state index contributed by atoms with van der Waals surface area (Å²) >= 11 is 0. The molecule has 0 rings (SSSR count). The normalized spacial score (nSPS) is 13.8. The van der Waals surface area contributed by atoms with E-state index in [4.69, 9.17) is 0 Å². The van der Waals surface area contributed by atoms with E-state index in [-0.39, 0.29) is 6.61 Å². The number of esters is 1. The lowest BCUT2D eigenvalue weighted by Crippen LogP contribution is -2.45. The summed E-state index contributed by atoms with van der Waals surface area (Å²) in [7, 11) is 0. The van der Waals surface area contributed by atoms with Gasteiger partial charge in [-0.2, -0.15) is 8.78 Å². The molecule has 0 heterocycles. The van der Waals surface area contributed by atoms with Gasteiger partial charge in [0.15, 0.2) is 0 Å². The number of Topliss-reactive ketones (excluding diaryl/α,β-unsaturated/α-hetero) is 1. The second-order valence-corrected chi connectivity index (χ2v) is 2.40. The Morgan fingerprint density at radius 2 is 1.73 bits per heavy atom. The number of halogens is 5. The van der Waals surface area contributed by atoms with Crippen LogP contribution in [0.5, 0.6) is 0 Å². The van der Waals surface area contributed by atoms with Gasteiger partial charge in [-0.1, -0.05) is 0 Å². The van der Waals surface area contributed by atoms with Gasteiger partial charge in [-0.15, -0.1) is 0 Å². The fourth-order valence-electron chi connectivity index (χ4n) is 0.599. The smallest absolute Gasteiger partial charge is 0.368 e. The lowest BCUT2D eigenvalue weighted by atomic mass is 10.1. The maximum atomic E-state index is 12.6. The molecule has 0 N–H and O–H groups in total. The first-order chi connectivity index (χ1) is 6.75. The van der Waals surface area contributed by atoms with E-state index in [1.54, 1.807) is 0 Å². The quantitative estimate of drug-likeness (QED) is 0.409. The van der Waals surface area contributed by atoms with Gasteiger partial charge in [-0.25, -0.2) is 18.0 Å². The van der Waals surface area contributed by atoms with Crippen molar-refractivity contribution in [1.82, 2.24) is 0 Å². The largest absolute Gasteiger partial charge is 0.463 e. The summed E-state index contributed by atoms with van der Waals surface area (Å²) in [5, 5.41) is 0. The van der Waals surface area contributed by atoms with Crippen LogP contribution in [0.15, 0.2) is 0 Å². The van der Waals surface area contributed by atoms with Crippen molar-refractivity contribution in [3.8, 4) is 0 Å². The molecule has 0 aliphatic carbocycles. The first-order valence-corrected chi connectivity index (χ1v) is 3.76. The number of rotatable bonds is 5. The predicted octanol–water partition coefficient (Wildman–Crippen LogP) is 1.36. The molecule has 88 valence electrons. The lowest BCUT2D eigenvalue weighted by molar-refractivity contribution is -0.177. The van der Waals surface area contributed by atoms with Crippen LogP contribution in [0.1, 0.15) is 6.92 Å². The second kappa shape index (κ2) is 5.04. The standard InChI is InChI=1S/C7H7F5O3/c1-2-15-5(14)3(8)4(13)7(11,12)6(9)10/h3,6H,2H2,1H3. The van der Waals surface area contributed by atoms with Crippen LogP contribution >= 0.6 is 0 Å². The van der Waals surface area contributed by atoms with Crippen molar-refractivity contribution in [3.63, 3.8) is 0 Å². The van der Waals surface area contributed by atoms with Crippen LogP contribution < -0.4 is 0 Å². The average molecular weight is 234 g/mol. The maximum Gasteiger partial charge on any atom is 0.368 e. The van der Waals surface area contributed by atoms with Crippen LogP contribution in [0.25, 0.3) is 0 Å². The van der Waals surface area contributed by atoms with Crippen molar-refractivity contribution in [1.29, 1.82) is 0 Å². The zero-order valence-electron chi connectivity index (χ0n) is 7.48. The maximum absolute atomic E-state index is 12.6. The molecule has 0 amide bonds. The summed E-state index contributed by atoms with van der Waals surface area (Å²) in [6.45, 7) is 0.882. The Balaban J connectivity index is 4.64. The van der Waals surface area contributed by atoms with E-state index < -0.39 is 30.3 Å². The minimum atomic E-state index is -5.19. The fourth-order valence-corrected chi connectivity index (χ4v) is 0.599. The number of alkyl halides is 5. The molecule has 0 fully saturated rings. The zero-order chi connectivity index (χ0) is 12.2. The Morgan fingerprint density at radius 3 is 2.07 bits per heavy atom. The highest BCUT2D eigenvalue weighted by atomic mass is 19.3. The van der Waals surface area contributed by atoms with E-state index in [0.29, 0.717) is 0 Å². The molecule has 8 heteroatoms. The van der Waals surface area contributed by atoms with E-state index in [2.05, 4.69) is 4.74 Å². The monoisotopic (exact) mass is 234 g/mol. The topological polar surface area (TPSA) is 43.4 Å². The first kappa shape index (κ1) is 13.8. The van der Waals surface area contributed by atoms with E-state index in [0.717, 1.165) is 0 Å². The van der Waals surface area contributed by atoms with Crippen LogP contribution in [-0.4, -0.2) is 36.9 Å². The molecule has 0 aliphatic rings. The van der Waals surface area contributed by atoms with Crippen molar-refractivity contribution in [3.05, 3.63) is 0 Å². The summed E-state index contributed by atoms with van der Waals surface area (Å²) in [4.78, 5) is 20.9. The van der Waals surface area contributed by atoms with Crippen molar-refractivity contribution in [2.75, 3.05) is 6.61 Å². The Labute approximate surface area is 81.2 Å². The molecule has 3 nitrogen and oxygen atoms in total. The third-order valence-electron chi connectivity index (χ3n) is 1.33. The number of carbonyl (C=O) groups excluding carboxylic acids is 2. The highest BCUT2D eigenvalue weighted by Gasteiger charge is 2.54. The zero-order valence-corrected chi connectivity index (χ0v) is 7.48. The first-order valence-electron chi connectivity index (χ1n) is 3.76. The van der Waals surface area contributed by atoms with Gasteiger partial charge in [0.25, 0.3) is 12.0 Å². The summed E-state index contributed by atoms with van der Waals surface area (Å²) < 4.78 is 64.1. The molecule has 0 spiro atoms. The Kier molecular flexibility index (Phi) is 4.63. The van der Waals surface area contributed by atoms with Gasteiger partial charge in [0.05, 0.1) is 6.61 Å². The van der Waals surface area contributed by atoms with Gasteiger partial charge >= 0.3 is 18.3 Å². The summed E-state index contributed by atoms with van der Waals surface area (Å²) in [6.07, 6.45) is -7.76. The molecule has 0 aromatic carbocycles. The summed E-state index contributed by atoms with van der Waals surface area (Å²) in [5.41, 5.74) is 0. The van der Waals surface area contributed by atoms with E-state index >= 15 is 0 Å². The molecule has 0 bridgehead atoms. The molecule has 15 heavy (non-hydrogen) atoms. The molecule has 0 aromatic heterocycles. The Hall–Kier alpha value is -1.21. The third-order valence-corrected chi connectivity index (χ3v) is 1.33. The molecule has 1 atom stereocenters. The average Bonchev–Trinajstić information content (AvgIpc) is 2.15. The number of carbonyl (C=O) groups is 2. The molecule has 1 unspecified atom stereocenters. The van der Waals surface area contributed by atoms with Gasteiger partial charge < -0.3 is 4.74 Å². The van der Waals surface area contributed by atoms with Crippen LogP contribution in [0, 0.1) is 0 Å². The lowest BCUT2D eigenvalue weighted by Gasteiger charge is -2.15. The van der Waals surface area contributed by atoms with Crippen molar-refractivity contribution < 1.29 is 36.3 Å². The highest BCUT2D eigenvalue weighted by molar-refractivity contribution is 6.05. The minimum absolute atomic E-state index is 0.354. The molecule has 0 aliphatic heterocycles. The molecule has 0 aromatic rings. The van der Waals surface area contributed by atoms with Crippen molar-refractivity contribution in [2.24, 2.45) is 0 Å². The van der Waals surface area contributed by atoms with Gasteiger partial charge in [-0.05, 0) is 6.92 Å². The van der Waals surface area contributed by atoms with Crippen LogP contribution in [-0.2, 0) is 14.3 Å². The van der Waals surface area contributed by atoms with Gasteiger partial charge in [0, 0.05) is 0 Å². The number of hydrogen-bond donors (Lipinski definition) is 0. The number of ether oxygens (including phenoxy) is 1. The fraction of sp³-hybridized carbons (Fsp3) is 0.714. The summed E-state index contributed by atoms with van der Waals surface area (Å²) in [6, 6.07) is 0. The van der Waals surface area contributed by atoms with E-state index in [1.165, 1.54) is 6.92 Å². The minimum Gasteiger partial charge on any atom is -0.463 e. The Morgan fingerprint density at radius 1 is 1.27 bits per heavy atom. The van der Waals surface area contributed by atoms with Gasteiger partial charge in [-0.3, -0.25) is 4.79 Å². The highest BCUT2D eigenvalue weighted by Crippen LogP contribution is 2.26. The molecule has 0 radical (unpaired) electrons. The second-order valence-electron chi connectivity index (χ2n) is 2.40. The SMILES string of the molecule is CCOC(=O)C(F)C(=O)C(F)(F)C(F)F. The summed E-state index contributed by atoms with van der Waals surface area (Å²) in [5.74, 6) is -9.88. The van der Waals surface area contributed by atoms with Crippen LogP contribution in [0.3, 0.4) is 0 Å². The van der Waals surface area contributed by atoms with Gasteiger partial charge in [0.1, 0.15) is 0 Å². The van der Waals surface area contributed by atoms with E-state index in [1.807, 2.05) is 0 Å². The van der Waals surface area contributed by atoms with Crippen LogP contribution in [0.4, 0.5) is 22.0 Å². The molecule has 0 saturated carbocycles. The molecular weight excluding hydrogens is 227 g/mol. The molecule has 0 saturated heterocycles. The van der Waals surface area contributed by atoms with Crippen molar-refractivity contribution in [2.45, 2.75) is 25.4 Å². The number of ketones is 1. The van der Waals surface area contributed by atoms with Crippen molar-refractivity contribution >= 4 is 11.8 Å². The number of hydrogen-bond acceptors (Lipinski definition) is 3. The van der Waals surface area contributed by atoms with Crippen LogP contribution in [0.2, 0.25) is 0 Å². The van der Waals surface area contributed by atoms with Gasteiger partial charge in [0.2, 0.25) is 0 Å². The predicted molar refractivity (Wildman–Crippen MR) is 37.5 cm³/mol. The third kappa shape index (κ3) is 3.14. The van der Waals surface area contributed by atoms with E-state index in [9.17, 15) is 31.5 Å². The molecular formula is C7H7F5O3.